The van der Waals surface area contributed by atoms with Crippen molar-refractivity contribution in [2.75, 3.05) is 7.11 Å². The average Bonchev–Trinajstić information content (AvgIpc) is 3.19. The average molecular weight is 489 g/mol. The van der Waals surface area contributed by atoms with Crippen LogP contribution < -0.4 is 0 Å². The molecule has 4 aromatic rings. The highest BCUT2D eigenvalue weighted by atomic mass is 32.2. The van der Waals surface area contributed by atoms with Crippen molar-refractivity contribution in [1.82, 2.24) is 9.55 Å². The SMILES string of the molecule is COC(=O)c1ccc(-c2ccccc2)c(CSc2nc3ccccc3n2C(C(=O)O)C(C)(C)C)c1. The van der Waals surface area contributed by atoms with E-state index in [2.05, 4.69) is 0 Å². The maximum absolute atomic E-state index is 12.4. The molecule has 0 bridgehead atoms. The minimum Gasteiger partial charge on any atom is -0.480 e. The van der Waals surface area contributed by atoms with Gasteiger partial charge >= 0.3 is 11.9 Å². The van der Waals surface area contributed by atoms with Crippen LogP contribution in [0.2, 0.25) is 0 Å². The lowest BCUT2D eigenvalue weighted by Crippen LogP contribution is -2.32. The summed E-state index contributed by atoms with van der Waals surface area (Å²) in [4.78, 5) is 29.4. The highest BCUT2D eigenvalue weighted by Gasteiger charge is 2.36. The number of rotatable bonds is 7. The van der Waals surface area contributed by atoms with Crippen LogP contribution in [-0.2, 0) is 15.3 Å². The first-order valence-electron chi connectivity index (χ1n) is 11.3. The molecule has 1 aromatic heterocycles. The molecule has 35 heavy (non-hydrogen) atoms. The summed E-state index contributed by atoms with van der Waals surface area (Å²) < 4.78 is 6.75. The van der Waals surface area contributed by atoms with E-state index >= 15 is 0 Å². The van der Waals surface area contributed by atoms with E-state index in [1.54, 1.807) is 6.07 Å². The molecule has 180 valence electrons. The van der Waals surface area contributed by atoms with Gasteiger partial charge in [-0.3, -0.25) is 0 Å². The highest BCUT2D eigenvalue weighted by Crippen LogP contribution is 2.39. The number of thioether (sulfide) groups is 1. The molecule has 0 saturated heterocycles. The fourth-order valence-corrected chi connectivity index (χ4v) is 5.27. The van der Waals surface area contributed by atoms with Crippen LogP contribution in [-0.4, -0.2) is 33.7 Å². The summed E-state index contributed by atoms with van der Waals surface area (Å²) in [7, 11) is 1.36. The lowest BCUT2D eigenvalue weighted by molar-refractivity contribution is -0.144. The van der Waals surface area contributed by atoms with E-state index in [0.29, 0.717) is 16.5 Å². The summed E-state index contributed by atoms with van der Waals surface area (Å²) >= 11 is 1.46. The number of hydrogen-bond donors (Lipinski definition) is 1. The molecule has 1 heterocycles. The normalized spacial score (nSPS) is 12.5. The van der Waals surface area contributed by atoms with Gasteiger partial charge in [0, 0.05) is 5.75 Å². The number of fused-ring (bicyclic) bond motifs is 1. The van der Waals surface area contributed by atoms with E-state index in [0.717, 1.165) is 27.7 Å². The Morgan fingerprint density at radius 2 is 1.71 bits per heavy atom. The smallest absolute Gasteiger partial charge is 0.337 e. The molecule has 0 aliphatic heterocycles. The number of ether oxygens (including phenoxy) is 1. The van der Waals surface area contributed by atoms with Crippen molar-refractivity contribution in [3.8, 4) is 11.1 Å². The molecule has 1 atom stereocenters. The number of hydrogen-bond acceptors (Lipinski definition) is 5. The van der Waals surface area contributed by atoms with Crippen LogP contribution in [0.4, 0.5) is 0 Å². The largest absolute Gasteiger partial charge is 0.480 e. The van der Waals surface area contributed by atoms with Crippen LogP contribution in [0.3, 0.4) is 0 Å². The van der Waals surface area contributed by atoms with Crippen LogP contribution in [0.15, 0.2) is 78.0 Å². The molecular formula is C28H28N2O4S. The summed E-state index contributed by atoms with van der Waals surface area (Å²) in [6.07, 6.45) is 0. The van der Waals surface area contributed by atoms with Gasteiger partial charge in [0.2, 0.25) is 0 Å². The van der Waals surface area contributed by atoms with Crippen molar-refractivity contribution in [2.24, 2.45) is 5.41 Å². The fraction of sp³-hybridized carbons (Fsp3) is 0.250. The standard InChI is InChI=1S/C28H28N2O4S/c1-28(2,3)24(25(31)32)30-23-13-9-8-12-22(23)29-27(30)35-17-20-16-19(26(33)34-4)14-15-21(20)18-10-6-5-7-11-18/h5-16,24H,17H2,1-4H3,(H,31,32). The lowest BCUT2D eigenvalue weighted by atomic mass is 9.86. The van der Waals surface area contributed by atoms with E-state index in [1.807, 2.05) is 92.1 Å². The van der Waals surface area contributed by atoms with Crippen LogP contribution in [0.25, 0.3) is 22.2 Å². The van der Waals surface area contributed by atoms with Gasteiger partial charge in [-0.25, -0.2) is 14.6 Å². The second kappa shape index (κ2) is 9.96. The zero-order valence-corrected chi connectivity index (χ0v) is 21.0. The van der Waals surface area contributed by atoms with Gasteiger partial charge in [-0.1, -0.05) is 81.1 Å². The van der Waals surface area contributed by atoms with Crippen LogP contribution >= 0.6 is 11.8 Å². The first-order valence-corrected chi connectivity index (χ1v) is 12.3. The third-order valence-electron chi connectivity index (χ3n) is 5.84. The molecule has 3 aromatic carbocycles. The number of carbonyl (C=O) groups is 2. The minimum atomic E-state index is -0.903. The van der Waals surface area contributed by atoms with Crippen molar-refractivity contribution in [3.63, 3.8) is 0 Å². The Morgan fingerprint density at radius 3 is 2.37 bits per heavy atom. The monoisotopic (exact) mass is 488 g/mol. The number of aromatic nitrogens is 2. The topological polar surface area (TPSA) is 81.4 Å². The Balaban J connectivity index is 1.80. The lowest BCUT2D eigenvalue weighted by Gasteiger charge is -2.29. The number of imidazole rings is 1. The molecule has 0 aliphatic rings. The summed E-state index contributed by atoms with van der Waals surface area (Å²) in [6, 6.07) is 22.3. The maximum atomic E-state index is 12.4. The number of benzene rings is 3. The Bertz CT molecular complexity index is 1370. The van der Waals surface area contributed by atoms with Gasteiger partial charge in [0.1, 0.15) is 6.04 Å². The number of carbonyl (C=O) groups excluding carboxylic acids is 1. The molecule has 4 rings (SSSR count). The van der Waals surface area contributed by atoms with Gasteiger partial charge in [0.15, 0.2) is 5.16 Å². The second-order valence-electron chi connectivity index (χ2n) is 9.38. The quantitative estimate of drug-likeness (QED) is 0.238. The first kappa shape index (κ1) is 24.5. The van der Waals surface area contributed by atoms with E-state index in [-0.39, 0.29) is 0 Å². The molecular weight excluding hydrogens is 460 g/mol. The van der Waals surface area contributed by atoms with Crippen LogP contribution in [0, 0.1) is 5.41 Å². The molecule has 0 amide bonds. The number of aliphatic carboxylic acids is 1. The minimum absolute atomic E-state index is 0.401. The van der Waals surface area contributed by atoms with Crippen molar-refractivity contribution in [3.05, 3.63) is 83.9 Å². The van der Waals surface area contributed by atoms with Gasteiger partial charge in [-0.15, -0.1) is 0 Å². The number of carboxylic acid groups (broad SMARTS) is 1. The van der Waals surface area contributed by atoms with E-state index < -0.39 is 23.4 Å². The number of esters is 1. The summed E-state index contributed by atoms with van der Waals surface area (Å²) in [6.45, 7) is 5.76. The second-order valence-corrected chi connectivity index (χ2v) is 10.3. The molecule has 0 saturated carbocycles. The summed E-state index contributed by atoms with van der Waals surface area (Å²) in [5.74, 6) is -0.809. The zero-order chi connectivity index (χ0) is 25.2. The Hall–Kier alpha value is -3.58. The summed E-state index contributed by atoms with van der Waals surface area (Å²) in [5.41, 5.74) is 4.43. The molecule has 0 spiro atoms. The highest BCUT2D eigenvalue weighted by molar-refractivity contribution is 7.98. The Morgan fingerprint density at radius 1 is 1.03 bits per heavy atom. The molecule has 1 N–H and O–H groups in total. The molecule has 6 nitrogen and oxygen atoms in total. The van der Waals surface area contributed by atoms with Gasteiger partial charge in [0.05, 0.1) is 23.7 Å². The third kappa shape index (κ3) is 5.10. The number of carboxylic acids is 1. The van der Waals surface area contributed by atoms with E-state index in [4.69, 9.17) is 9.72 Å². The van der Waals surface area contributed by atoms with Crippen molar-refractivity contribution in [1.29, 1.82) is 0 Å². The Labute approximate surface area is 209 Å². The number of nitrogens with zero attached hydrogens (tertiary/aromatic N) is 2. The summed E-state index contributed by atoms with van der Waals surface area (Å²) in [5, 5.41) is 10.8. The van der Waals surface area contributed by atoms with E-state index in [9.17, 15) is 14.7 Å². The van der Waals surface area contributed by atoms with Gasteiger partial charge in [0.25, 0.3) is 0 Å². The van der Waals surface area contributed by atoms with Crippen LogP contribution in [0.5, 0.6) is 0 Å². The zero-order valence-electron chi connectivity index (χ0n) is 20.2. The molecule has 7 heteroatoms. The number of para-hydroxylation sites is 2. The van der Waals surface area contributed by atoms with Gasteiger partial charge in [-0.05, 0) is 46.4 Å². The van der Waals surface area contributed by atoms with Gasteiger partial charge in [-0.2, -0.15) is 0 Å². The van der Waals surface area contributed by atoms with Crippen molar-refractivity contribution < 1.29 is 19.4 Å². The van der Waals surface area contributed by atoms with Gasteiger partial charge < -0.3 is 14.4 Å². The Kier molecular flexibility index (Phi) is 6.98. The van der Waals surface area contributed by atoms with E-state index in [1.165, 1.54) is 18.9 Å². The first-order chi connectivity index (χ1) is 16.7. The number of methoxy groups -OCH3 is 1. The molecule has 1 unspecified atom stereocenters. The maximum Gasteiger partial charge on any atom is 0.337 e. The third-order valence-corrected chi connectivity index (χ3v) is 6.85. The molecule has 0 radical (unpaired) electrons. The predicted molar refractivity (Wildman–Crippen MR) is 139 cm³/mol. The van der Waals surface area contributed by atoms with Crippen LogP contribution in [0.1, 0.15) is 42.7 Å². The molecule has 0 aliphatic carbocycles. The predicted octanol–water partition coefficient (Wildman–Crippen LogP) is 6.45. The van der Waals surface area contributed by atoms with Crippen molar-refractivity contribution >= 4 is 34.7 Å². The molecule has 0 fully saturated rings. The fourth-order valence-electron chi connectivity index (χ4n) is 4.24. The van der Waals surface area contributed by atoms with Crippen molar-refractivity contribution in [2.45, 2.75) is 37.7 Å².